The van der Waals surface area contributed by atoms with E-state index in [-0.39, 0.29) is 18.1 Å². The predicted molar refractivity (Wildman–Crippen MR) is 101 cm³/mol. The fraction of sp³-hybridized carbons (Fsp3) is 0.0588. The number of nitrogens with zero attached hydrogens (tertiary/aromatic N) is 3. The lowest BCUT2D eigenvalue weighted by Gasteiger charge is -2.10. The summed E-state index contributed by atoms with van der Waals surface area (Å²) in [6, 6.07) is 12.6. The summed E-state index contributed by atoms with van der Waals surface area (Å²) in [4.78, 5) is 13.6. The van der Waals surface area contributed by atoms with E-state index in [2.05, 4.69) is 25.7 Å². The van der Waals surface area contributed by atoms with Crippen molar-refractivity contribution in [2.75, 3.05) is 5.43 Å². The van der Waals surface area contributed by atoms with Gasteiger partial charge in [0.2, 0.25) is 5.95 Å². The number of hydrogen-bond acceptors (Lipinski definition) is 6. The van der Waals surface area contributed by atoms with E-state index in [9.17, 15) is 4.79 Å². The third-order valence-corrected chi connectivity index (χ3v) is 3.85. The topological polar surface area (TPSA) is 92.3 Å². The van der Waals surface area contributed by atoms with Crippen LogP contribution in [0.15, 0.2) is 58.6 Å². The van der Waals surface area contributed by atoms with Crippen molar-refractivity contribution in [3.05, 3.63) is 80.2 Å². The minimum Gasteiger partial charge on any atom is -0.488 e. The maximum Gasteiger partial charge on any atom is 0.271 e. The van der Waals surface area contributed by atoms with Crippen LogP contribution in [-0.2, 0) is 6.61 Å². The summed E-state index contributed by atoms with van der Waals surface area (Å²) in [6.07, 6.45) is 2.62. The maximum atomic E-state index is 11.2. The molecule has 0 saturated heterocycles. The number of para-hydroxylation sites is 1. The molecule has 2 N–H and O–H groups in total. The molecular formula is C17H13Cl2N5O2. The number of rotatable bonds is 6. The Labute approximate surface area is 158 Å². The molecule has 1 heterocycles. The van der Waals surface area contributed by atoms with Gasteiger partial charge < -0.3 is 4.74 Å². The molecule has 0 radical (unpaired) electrons. The highest BCUT2D eigenvalue weighted by atomic mass is 35.5. The number of benzene rings is 2. The average molecular weight is 390 g/mol. The number of aromatic amines is 1. The standard InChI is InChI=1S/C17H13Cl2N5O2/c18-13-6-5-12(14(19)7-13)10-26-15-4-2-1-3-11(15)8-20-23-17-22-16(25)9-21-24-17/h1-9H,10H2,(H2,22,23,24,25)/b20-8+. The van der Waals surface area contributed by atoms with Crippen molar-refractivity contribution >= 4 is 35.4 Å². The van der Waals surface area contributed by atoms with E-state index < -0.39 is 0 Å². The first-order valence-corrected chi connectivity index (χ1v) is 8.24. The Morgan fingerprint density at radius 2 is 2.08 bits per heavy atom. The molecule has 0 saturated carbocycles. The van der Waals surface area contributed by atoms with Crippen molar-refractivity contribution < 1.29 is 4.74 Å². The number of hydrogen-bond donors (Lipinski definition) is 2. The second-order valence-electron chi connectivity index (χ2n) is 5.11. The normalized spacial score (nSPS) is 10.8. The number of anilines is 1. The first kappa shape index (κ1) is 17.9. The van der Waals surface area contributed by atoms with Crippen LogP contribution in [-0.4, -0.2) is 21.4 Å². The van der Waals surface area contributed by atoms with Crippen LogP contribution < -0.4 is 15.7 Å². The Hall–Kier alpha value is -2.90. The van der Waals surface area contributed by atoms with Crippen molar-refractivity contribution in [3.63, 3.8) is 0 Å². The molecule has 9 heteroatoms. The highest BCUT2D eigenvalue weighted by Crippen LogP contribution is 2.23. The highest BCUT2D eigenvalue weighted by molar-refractivity contribution is 6.35. The molecule has 2 aromatic carbocycles. The molecule has 0 aliphatic rings. The minimum atomic E-state index is -0.374. The largest absolute Gasteiger partial charge is 0.488 e. The molecule has 26 heavy (non-hydrogen) atoms. The Morgan fingerprint density at radius 1 is 1.23 bits per heavy atom. The van der Waals surface area contributed by atoms with Gasteiger partial charge in [-0.15, -0.1) is 10.2 Å². The quantitative estimate of drug-likeness (QED) is 0.497. The number of nitrogens with one attached hydrogen (secondary N) is 2. The fourth-order valence-corrected chi connectivity index (χ4v) is 2.50. The highest BCUT2D eigenvalue weighted by Gasteiger charge is 2.05. The van der Waals surface area contributed by atoms with Crippen LogP contribution in [0.5, 0.6) is 5.75 Å². The van der Waals surface area contributed by atoms with Crippen LogP contribution in [0.3, 0.4) is 0 Å². The van der Waals surface area contributed by atoms with Gasteiger partial charge in [0.1, 0.15) is 18.6 Å². The SMILES string of the molecule is O=c1cnnc(N/N=C/c2ccccc2OCc2ccc(Cl)cc2Cl)[nH]1. The Morgan fingerprint density at radius 3 is 2.88 bits per heavy atom. The molecule has 0 aliphatic heterocycles. The lowest BCUT2D eigenvalue weighted by Crippen LogP contribution is -2.10. The zero-order chi connectivity index (χ0) is 18.4. The van der Waals surface area contributed by atoms with Crippen LogP contribution in [0.25, 0.3) is 0 Å². The number of hydrazone groups is 1. The maximum absolute atomic E-state index is 11.2. The van der Waals surface area contributed by atoms with Crippen molar-refractivity contribution in [2.24, 2.45) is 5.10 Å². The van der Waals surface area contributed by atoms with Crippen molar-refractivity contribution in [3.8, 4) is 5.75 Å². The van der Waals surface area contributed by atoms with Gasteiger partial charge in [-0.05, 0) is 24.3 Å². The molecule has 0 aliphatic carbocycles. The van der Waals surface area contributed by atoms with Gasteiger partial charge in [0.25, 0.3) is 5.56 Å². The van der Waals surface area contributed by atoms with Gasteiger partial charge in [-0.2, -0.15) is 5.10 Å². The van der Waals surface area contributed by atoms with Gasteiger partial charge in [-0.1, -0.05) is 41.4 Å². The van der Waals surface area contributed by atoms with E-state index in [1.165, 1.54) is 0 Å². The summed E-state index contributed by atoms with van der Waals surface area (Å²) >= 11 is 12.1. The minimum absolute atomic E-state index is 0.139. The first-order valence-electron chi connectivity index (χ1n) is 7.48. The predicted octanol–water partition coefficient (Wildman–Crippen LogP) is 3.50. The smallest absolute Gasteiger partial charge is 0.271 e. The van der Waals surface area contributed by atoms with Gasteiger partial charge in [0.05, 0.1) is 6.21 Å². The van der Waals surface area contributed by atoms with Crippen molar-refractivity contribution in [1.29, 1.82) is 0 Å². The molecule has 132 valence electrons. The zero-order valence-electron chi connectivity index (χ0n) is 13.3. The monoisotopic (exact) mass is 389 g/mol. The molecule has 0 atom stereocenters. The van der Waals surface area contributed by atoms with E-state index in [1.54, 1.807) is 18.3 Å². The van der Waals surface area contributed by atoms with Crippen LogP contribution in [0.1, 0.15) is 11.1 Å². The molecule has 3 rings (SSSR count). The van der Waals surface area contributed by atoms with Gasteiger partial charge in [0, 0.05) is 21.2 Å². The lowest BCUT2D eigenvalue weighted by atomic mass is 10.2. The number of aromatic nitrogens is 3. The van der Waals surface area contributed by atoms with Gasteiger partial charge in [0.15, 0.2) is 0 Å². The molecule has 0 amide bonds. The van der Waals surface area contributed by atoms with Crippen LogP contribution in [0.4, 0.5) is 5.95 Å². The molecular weight excluding hydrogens is 377 g/mol. The molecule has 7 nitrogen and oxygen atoms in total. The Kier molecular flexibility index (Phi) is 5.83. The summed E-state index contributed by atoms with van der Waals surface area (Å²) in [5.41, 5.74) is 3.78. The van der Waals surface area contributed by atoms with Gasteiger partial charge in [-0.3, -0.25) is 9.78 Å². The number of H-pyrrole nitrogens is 1. The van der Waals surface area contributed by atoms with Gasteiger partial charge in [-0.25, -0.2) is 5.43 Å². The third-order valence-electron chi connectivity index (χ3n) is 3.27. The molecule has 0 spiro atoms. The van der Waals surface area contributed by atoms with Crippen LogP contribution >= 0.6 is 23.2 Å². The second kappa shape index (κ2) is 8.46. The molecule has 1 aromatic heterocycles. The van der Waals surface area contributed by atoms with E-state index in [0.29, 0.717) is 15.8 Å². The molecule has 3 aromatic rings. The number of ether oxygens (including phenoxy) is 1. The van der Waals surface area contributed by atoms with Crippen LogP contribution in [0.2, 0.25) is 10.0 Å². The fourth-order valence-electron chi connectivity index (χ4n) is 2.04. The zero-order valence-corrected chi connectivity index (χ0v) is 14.8. The number of halogens is 2. The van der Waals surface area contributed by atoms with Crippen molar-refractivity contribution in [1.82, 2.24) is 15.2 Å². The summed E-state index contributed by atoms with van der Waals surface area (Å²) in [7, 11) is 0. The second-order valence-corrected chi connectivity index (χ2v) is 5.96. The summed E-state index contributed by atoms with van der Waals surface area (Å²) < 4.78 is 5.83. The van der Waals surface area contributed by atoms with E-state index >= 15 is 0 Å². The average Bonchev–Trinajstić information content (AvgIpc) is 2.62. The molecule has 0 fully saturated rings. The van der Waals surface area contributed by atoms with E-state index in [1.807, 2.05) is 30.3 Å². The third kappa shape index (κ3) is 4.81. The first-order chi connectivity index (χ1) is 12.6. The Bertz CT molecular complexity index is 991. The van der Waals surface area contributed by atoms with Gasteiger partial charge >= 0.3 is 0 Å². The summed E-state index contributed by atoms with van der Waals surface area (Å²) in [5, 5.41) is 12.4. The lowest BCUT2D eigenvalue weighted by molar-refractivity contribution is 0.306. The molecule has 0 bridgehead atoms. The summed E-state index contributed by atoms with van der Waals surface area (Å²) in [5.74, 6) is 0.761. The molecule has 0 unspecified atom stereocenters. The van der Waals surface area contributed by atoms with Crippen molar-refractivity contribution in [2.45, 2.75) is 6.61 Å². The van der Waals surface area contributed by atoms with E-state index in [4.69, 9.17) is 27.9 Å². The van der Waals surface area contributed by atoms with Crippen LogP contribution in [0, 0.1) is 0 Å². The van der Waals surface area contributed by atoms with E-state index in [0.717, 1.165) is 17.3 Å². The Balaban J connectivity index is 1.69. The summed E-state index contributed by atoms with van der Waals surface area (Å²) in [6.45, 7) is 0.283.